The van der Waals surface area contributed by atoms with E-state index in [0.717, 1.165) is 4.88 Å². The van der Waals surface area contributed by atoms with Crippen molar-refractivity contribution in [3.05, 3.63) is 35.3 Å². The number of carbonyl (C=O) groups is 3. The van der Waals surface area contributed by atoms with E-state index in [1.54, 1.807) is 16.9 Å². The highest BCUT2D eigenvalue weighted by atomic mass is 32.1. The summed E-state index contributed by atoms with van der Waals surface area (Å²) in [6.07, 6.45) is 1.57. The summed E-state index contributed by atoms with van der Waals surface area (Å²) >= 11 is 1.51. The van der Waals surface area contributed by atoms with Crippen LogP contribution in [0.25, 0.3) is 21.6 Å². The summed E-state index contributed by atoms with van der Waals surface area (Å²) in [4.78, 5) is 44.1. The molecule has 0 bridgehead atoms. The molecule has 9 nitrogen and oxygen atoms in total. The Bertz CT molecular complexity index is 1130. The third-order valence-corrected chi connectivity index (χ3v) is 5.44. The molecule has 0 aromatic carbocycles. The molecule has 0 spiro atoms. The first-order chi connectivity index (χ1) is 15.1. The fourth-order valence-electron chi connectivity index (χ4n) is 3.08. The summed E-state index contributed by atoms with van der Waals surface area (Å²) in [5.74, 6) is -1.41. The molecule has 3 aromatic heterocycles. The van der Waals surface area contributed by atoms with Gasteiger partial charge in [0.25, 0.3) is 5.91 Å². The van der Waals surface area contributed by atoms with Gasteiger partial charge in [0.15, 0.2) is 12.3 Å². The molecule has 0 saturated heterocycles. The molecule has 0 unspecified atom stereocenters. The summed E-state index contributed by atoms with van der Waals surface area (Å²) in [7, 11) is 1.49. The molecule has 0 radical (unpaired) electrons. The minimum Gasteiger partial charge on any atom is -0.452 e. The third-order valence-electron chi connectivity index (χ3n) is 4.55. The number of pyridine rings is 1. The average molecular weight is 458 g/mol. The number of esters is 1. The zero-order valence-electron chi connectivity index (χ0n) is 18.8. The van der Waals surface area contributed by atoms with Crippen molar-refractivity contribution in [1.29, 1.82) is 0 Å². The van der Waals surface area contributed by atoms with Gasteiger partial charge in [-0.15, -0.1) is 11.3 Å². The number of amides is 2. The van der Waals surface area contributed by atoms with E-state index in [2.05, 4.69) is 15.4 Å². The Hall–Kier alpha value is -3.27. The molecule has 3 rings (SSSR count). The number of nitrogens with one attached hydrogen (secondary N) is 1. The van der Waals surface area contributed by atoms with Crippen molar-refractivity contribution in [3.63, 3.8) is 0 Å². The van der Waals surface area contributed by atoms with Crippen molar-refractivity contribution in [1.82, 2.24) is 25.0 Å². The van der Waals surface area contributed by atoms with Gasteiger partial charge < -0.3 is 15.0 Å². The fourth-order valence-corrected chi connectivity index (χ4v) is 3.76. The largest absolute Gasteiger partial charge is 0.452 e. The molecular formula is C22H27N5O4S. The molecule has 2 amide bonds. The van der Waals surface area contributed by atoms with Crippen LogP contribution >= 0.6 is 11.3 Å². The zero-order valence-corrected chi connectivity index (χ0v) is 19.7. The van der Waals surface area contributed by atoms with Crippen LogP contribution in [0.3, 0.4) is 0 Å². The zero-order chi connectivity index (χ0) is 23.5. The lowest BCUT2D eigenvalue weighted by atomic mass is 10.1. The lowest BCUT2D eigenvalue weighted by Crippen LogP contribution is -2.46. The number of nitrogens with zero attached hydrogens (tertiary/aromatic N) is 4. The number of thiophene rings is 1. The Kier molecular flexibility index (Phi) is 6.93. The molecule has 3 aromatic rings. The predicted octanol–water partition coefficient (Wildman–Crippen LogP) is 2.71. The highest BCUT2D eigenvalue weighted by molar-refractivity contribution is 7.13. The van der Waals surface area contributed by atoms with Gasteiger partial charge in [-0.05, 0) is 45.2 Å². The van der Waals surface area contributed by atoms with Crippen LogP contribution in [0.4, 0.5) is 0 Å². The number of rotatable bonds is 7. The van der Waals surface area contributed by atoms with E-state index >= 15 is 0 Å². The van der Waals surface area contributed by atoms with Crippen LogP contribution < -0.4 is 5.32 Å². The molecule has 0 fully saturated rings. The number of hydrogen-bond donors (Lipinski definition) is 1. The molecular weight excluding hydrogens is 430 g/mol. The van der Waals surface area contributed by atoms with Gasteiger partial charge in [0.05, 0.1) is 34.3 Å². The minimum atomic E-state index is -0.647. The van der Waals surface area contributed by atoms with Crippen LogP contribution in [-0.2, 0) is 20.9 Å². The van der Waals surface area contributed by atoms with E-state index in [4.69, 9.17) is 4.74 Å². The van der Waals surface area contributed by atoms with Gasteiger partial charge >= 0.3 is 5.97 Å². The van der Waals surface area contributed by atoms with Gasteiger partial charge in [0, 0.05) is 19.1 Å². The number of ether oxygens (including phenoxy) is 1. The second kappa shape index (κ2) is 9.47. The van der Waals surface area contributed by atoms with Crippen LogP contribution in [0.1, 0.15) is 38.1 Å². The second-order valence-electron chi connectivity index (χ2n) is 8.35. The highest BCUT2D eigenvalue weighted by Crippen LogP contribution is 2.28. The second-order valence-corrected chi connectivity index (χ2v) is 9.30. The molecule has 0 aliphatic rings. The van der Waals surface area contributed by atoms with Crippen LogP contribution in [0.5, 0.6) is 0 Å². The van der Waals surface area contributed by atoms with E-state index < -0.39 is 24.0 Å². The van der Waals surface area contributed by atoms with Crippen molar-refractivity contribution < 1.29 is 19.1 Å². The maximum absolute atomic E-state index is 12.9. The lowest BCUT2D eigenvalue weighted by Gasteiger charge is -2.23. The molecule has 1 N–H and O–H groups in total. The Labute approximate surface area is 190 Å². The van der Waals surface area contributed by atoms with Crippen LogP contribution in [0.2, 0.25) is 0 Å². The summed E-state index contributed by atoms with van der Waals surface area (Å²) in [6, 6.07) is 5.48. The quantitative estimate of drug-likeness (QED) is 0.547. The van der Waals surface area contributed by atoms with Crippen LogP contribution in [0.15, 0.2) is 29.8 Å². The number of aryl methyl sites for hydroxylation is 1. The van der Waals surface area contributed by atoms with Gasteiger partial charge in [-0.25, -0.2) is 14.5 Å². The summed E-state index contributed by atoms with van der Waals surface area (Å²) < 4.78 is 7.00. The van der Waals surface area contributed by atoms with E-state index in [-0.39, 0.29) is 12.5 Å². The van der Waals surface area contributed by atoms with E-state index in [1.165, 1.54) is 23.3 Å². The van der Waals surface area contributed by atoms with Crippen LogP contribution in [-0.4, -0.2) is 63.2 Å². The maximum atomic E-state index is 12.9. The first kappa shape index (κ1) is 23.4. The molecule has 0 saturated carbocycles. The molecule has 0 aliphatic carbocycles. The van der Waals surface area contributed by atoms with Gasteiger partial charge in [-0.1, -0.05) is 6.07 Å². The number of fused-ring (bicyclic) bond motifs is 1. The summed E-state index contributed by atoms with van der Waals surface area (Å²) in [5.41, 5.74) is 1.10. The lowest BCUT2D eigenvalue weighted by molar-refractivity contribution is -0.137. The van der Waals surface area contributed by atoms with E-state index in [1.807, 2.05) is 45.2 Å². The van der Waals surface area contributed by atoms with E-state index in [9.17, 15) is 14.4 Å². The monoisotopic (exact) mass is 457 g/mol. The standard InChI is InChI=1S/C22H27N5O4S/c1-6-27-20-15(11-23-27)14(10-16(24-20)17-8-7-9-32-17)21(30)31-13-19(29)26(5)12-18(28)25-22(2,3)4/h7-11H,6,12-13H2,1-5H3,(H,25,28). The fraction of sp³-hybridized carbons (Fsp3) is 0.409. The minimum absolute atomic E-state index is 0.126. The number of aromatic nitrogens is 3. The Morgan fingerprint density at radius 3 is 2.66 bits per heavy atom. The molecule has 10 heteroatoms. The van der Waals surface area contributed by atoms with Gasteiger partial charge in [0.2, 0.25) is 5.91 Å². The van der Waals surface area contributed by atoms with Gasteiger partial charge in [-0.2, -0.15) is 5.10 Å². The molecule has 3 heterocycles. The maximum Gasteiger partial charge on any atom is 0.339 e. The SMILES string of the molecule is CCn1ncc2c(C(=O)OCC(=O)N(C)CC(=O)NC(C)(C)C)cc(-c3cccs3)nc21. The van der Waals surface area contributed by atoms with Crippen molar-refractivity contribution in [2.75, 3.05) is 20.2 Å². The first-order valence-electron chi connectivity index (χ1n) is 10.2. The molecule has 170 valence electrons. The van der Waals surface area contributed by atoms with Crippen molar-refractivity contribution in [2.24, 2.45) is 0 Å². The molecule has 32 heavy (non-hydrogen) atoms. The average Bonchev–Trinajstić information content (AvgIpc) is 3.38. The highest BCUT2D eigenvalue weighted by Gasteiger charge is 2.22. The van der Waals surface area contributed by atoms with Crippen LogP contribution in [0, 0.1) is 0 Å². The normalized spacial score (nSPS) is 11.4. The summed E-state index contributed by atoms with van der Waals surface area (Å²) in [5, 5.41) is 9.57. The Balaban J connectivity index is 1.75. The van der Waals surface area contributed by atoms with E-state index in [0.29, 0.717) is 28.8 Å². The molecule has 0 aliphatic heterocycles. The number of carbonyl (C=O) groups excluding carboxylic acids is 3. The smallest absolute Gasteiger partial charge is 0.339 e. The van der Waals surface area contributed by atoms with Gasteiger partial charge in [0.1, 0.15) is 0 Å². The van der Waals surface area contributed by atoms with Crippen molar-refractivity contribution in [2.45, 2.75) is 39.8 Å². The number of likely N-dealkylation sites (N-methyl/N-ethyl adjacent to an activating group) is 1. The Morgan fingerprint density at radius 2 is 2.03 bits per heavy atom. The van der Waals surface area contributed by atoms with Crippen molar-refractivity contribution in [3.8, 4) is 10.6 Å². The third kappa shape index (κ3) is 5.50. The topological polar surface area (TPSA) is 106 Å². The predicted molar refractivity (Wildman–Crippen MR) is 122 cm³/mol. The Morgan fingerprint density at radius 1 is 1.28 bits per heavy atom. The molecule has 0 atom stereocenters. The van der Waals surface area contributed by atoms with Crippen molar-refractivity contribution >= 4 is 40.2 Å². The first-order valence-corrected chi connectivity index (χ1v) is 11.1. The summed E-state index contributed by atoms with van der Waals surface area (Å²) in [6.45, 7) is 7.50. The number of hydrogen-bond acceptors (Lipinski definition) is 7. The van der Waals surface area contributed by atoms with Gasteiger partial charge in [-0.3, -0.25) is 9.59 Å².